The molecule has 0 fully saturated rings. The molecule has 0 bridgehead atoms. The highest BCUT2D eigenvalue weighted by Crippen LogP contribution is 2.16. The lowest BCUT2D eigenvalue weighted by Gasteiger charge is -2.09. The average Bonchev–Trinajstić information content (AvgIpc) is 2.74. The van der Waals surface area contributed by atoms with E-state index >= 15 is 0 Å². The van der Waals surface area contributed by atoms with Gasteiger partial charge in [-0.05, 0) is 30.5 Å². The molecule has 0 saturated carbocycles. The van der Waals surface area contributed by atoms with Crippen LogP contribution < -0.4 is 10.6 Å². The molecule has 5 nitrogen and oxygen atoms in total. The van der Waals surface area contributed by atoms with Gasteiger partial charge in [0, 0.05) is 13.6 Å². The molecule has 0 amide bonds. The maximum absolute atomic E-state index is 5.91. The van der Waals surface area contributed by atoms with Crippen molar-refractivity contribution in [3.05, 3.63) is 5.89 Å². The Morgan fingerprint density at radius 2 is 2.33 bits per heavy atom. The number of thioether (sulfide) groups is 1. The van der Waals surface area contributed by atoms with Crippen LogP contribution in [0.5, 0.6) is 0 Å². The van der Waals surface area contributed by atoms with Crippen molar-refractivity contribution in [1.29, 1.82) is 0 Å². The molecule has 1 heterocycles. The van der Waals surface area contributed by atoms with Crippen LogP contribution in [0.2, 0.25) is 0 Å². The van der Waals surface area contributed by atoms with Crippen molar-refractivity contribution in [2.75, 3.05) is 30.5 Å². The molecule has 86 valence electrons. The SMILES string of the molecule is CCN(C)c1noc(C(N)CCSC)n1. The van der Waals surface area contributed by atoms with E-state index in [4.69, 9.17) is 10.3 Å². The number of rotatable bonds is 6. The van der Waals surface area contributed by atoms with Gasteiger partial charge in [0.25, 0.3) is 5.95 Å². The van der Waals surface area contributed by atoms with Gasteiger partial charge in [-0.2, -0.15) is 16.7 Å². The lowest BCUT2D eigenvalue weighted by molar-refractivity contribution is 0.352. The molecular formula is C9H18N4OS. The maximum atomic E-state index is 5.91. The van der Waals surface area contributed by atoms with Gasteiger partial charge in [0.1, 0.15) is 0 Å². The Balaban J connectivity index is 2.58. The van der Waals surface area contributed by atoms with Gasteiger partial charge in [-0.1, -0.05) is 0 Å². The number of hydrogen-bond donors (Lipinski definition) is 1. The quantitative estimate of drug-likeness (QED) is 0.794. The minimum atomic E-state index is -0.149. The zero-order chi connectivity index (χ0) is 11.3. The summed E-state index contributed by atoms with van der Waals surface area (Å²) in [6, 6.07) is -0.149. The van der Waals surface area contributed by atoms with Gasteiger partial charge >= 0.3 is 0 Å². The number of nitrogens with two attached hydrogens (primary N) is 1. The average molecular weight is 230 g/mol. The van der Waals surface area contributed by atoms with Gasteiger partial charge in [-0.25, -0.2) is 0 Å². The summed E-state index contributed by atoms with van der Waals surface area (Å²) in [5.74, 6) is 2.13. The Morgan fingerprint density at radius 3 is 2.93 bits per heavy atom. The van der Waals surface area contributed by atoms with Crippen LogP contribution in [0.15, 0.2) is 4.52 Å². The first-order valence-electron chi connectivity index (χ1n) is 4.98. The van der Waals surface area contributed by atoms with E-state index in [9.17, 15) is 0 Å². The van der Waals surface area contributed by atoms with E-state index in [1.165, 1.54) is 0 Å². The predicted octanol–water partition coefficient (Wildman–Crippen LogP) is 1.28. The largest absolute Gasteiger partial charge is 0.342 e. The number of nitrogens with zero attached hydrogens (tertiary/aromatic N) is 3. The van der Waals surface area contributed by atoms with Crippen LogP contribution in [-0.4, -0.2) is 35.7 Å². The van der Waals surface area contributed by atoms with Crippen molar-refractivity contribution in [2.24, 2.45) is 5.73 Å². The maximum Gasteiger partial charge on any atom is 0.265 e. The third-order valence-electron chi connectivity index (χ3n) is 2.20. The van der Waals surface area contributed by atoms with E-state index in [0.29, 0.717) is 11.8 Å². The van der Waals surface area contributed by atoms with Gasteiger partial charge in [0.05, 0.1) is 6.04 Å². The van der Waals surface area contributed by atoms with Crippen molar-refractivity contribution in [1.82, 2.24) is 10.1 Å². The van der Waals surface area contributed by atoms with Crippen LogP contribution in [-0.2, 0) is 0 Å². The summed E-state index contributed by atoms with van der Waals surface area (Å²) in [5, 5.41) is 3.87. The summed E-state index contributed by atoms with van der Waals surface area (Å²) in [6.45, 7) is 2.88. The lowest BCUT2D eigenvalue weighted by atomic mass is 10.2. The fraction of sp³-hybridized carbons (Fsp3) is 0.778. The second kappa shape index (κ2) is 5.97. The van der Waals surface area contributed by atoms with Gasteiger partial charge < -0.3 is 15.2 Å². The van der Waals surface area contributed by atoms with Crippen LogP contribution in [0.3, 0.4) is 0 Å². The number of aromatic nitrogens is 2. The van der Waals surface area contributed by atoms with Crippen LogP contribution in [0.4, 0.5) is 5.95 Å². The molecule has 15 heavy (non-hydrogen) atoms. The van der Waals surface area contributed by atoms with E-state index < -0.39 is 0 Å². The number of hydrogen-bond acceptors (Lipinski definition) is 6. The Labute approximate surface area is 94.4 Å². The van der Waals surface area contributed by atoms with E-state index in [0.717, 1.165) is 18.7 Å². The molecule has 0 spiro atoms. The highest BCUT2D eigenvalue weighted by Gasteiger charge is 2.15. The zero-order valence-corrected chi connectivity index (χ0v) is 10.3. The first-order valence-corrected chi connectivity index (χ1v) is 6.37. The monoisotopic (exact) mass is 230 g/mol. The molecular weight excluding hydrogens is 212 g/mol. The molecule has 1 rings (SSSR count). The fourth-order valence-corrected chi connectivity index (χ4v) is 1.53. The van der Waals surface area contributed by atoms with E-state index in [1.807, 2.05) is 18.9 Å². The Kier molecular flexibility index (Phi) is 4.90. The van der Waals surface area contributed by atoms with E-state index in [-0.39, 0.29) is 6.04 Å². The summed E-state index contributed by atoms with van der Waals surface area (Å²) < 4.78 is 5.11. The van der Waals surface area contributed by atoms with Crippen LogP contribution >= 0.6 is 11.8 Å². The second-order valence-electron chi connectivity index (χ2n) is 3.33. The molecule has 2 N–H and O–H groups in total. The third kappa shape index (κ3) is 3.39. The van der Waals surface area contributed by atoms with Crippen molar-refractivity contribution < 1.29 is 4.52 Å². The van der Waals surface area contributed by atoms with Gasteiger partial charge in [0.2, 0.25) is 5.89 Å². The molecule has 1 aromatic heterocycles. The molecule has 0 saturated heterocycles. The third-order valence-corrected chi connectivity index (χ3v) is 2.84. The van der Waals surface area contributed by atoms with E-state index in [2.05, 4.69) is 16.4 Å². The fourth-order valence-electron chi connectivity index (χ4n) is 1.04. The molecule has 1 atom stereocenters. The first-order chi connectivity index (χ1) is 7.19. The van der Waals surface area contributed by atoms with Crippen molar-refractivity contribution in [2.45, 2.75) is 19.4 Å². The number of anilines is 1. The van der Waals surface area contributed by atoms with Crippen molar-refractivity contribution in [3.8, 4) is 0 Å². The van der Waals surface area contributed by atoms with Crippen LogP contribution in [0.25, 0.3) is 0 Å². The molecule has 0 aliphatic rings. The standard InChI is InChI=1S/C9H18N4OS/c1-4-13(2)9-11-8(14-12-9)7(10)5-6-15-3/h7H,4-6,10H2,1-3H3. The molecule has 0 aliphatic carbocycles. The minimum Gasteiger partial charge on any atom is -0.342 e. The molecule has 1 unspecified atom stereocenters. The zero-order valence-electron chi connectivity index (χ0n) is 9.43. The van der Waals surface area contributed by atoms with Gasteiger partial charge in [0.15, 0.2) is 0 Å². The summed E-state index contributed by atoms with van der Waals surface area (Å²) in [4.78, 5) is 6.16. The first kappa shape index (κ1) is 12.3. The second-order valence-corrected chi connectivity index (χ2v) is 4.32. The van der Waals surface area contributed by atoms with Gasteiger partial charge in [-0.3, -0.25) is 0 Å². The van der Waals surface area contributed by atoms with Gasteiger partial charge in [-0.15, -0.1) is 0 Å². The minimum absolute atomic E-state index is 0.149. The summed E-state index contributed by atoms with van der Waals surface area (Å²) in [5.41, 5.74) is 5.91. The molecule has 0 aliphatic heterocycles. The normalized spacial score (nSPS) is 12.8. The van der Waals surface area contributed by atoms with Crippen molar-refractivity contribution >= 4 is 17.7 Å². The van der Waals surface area contributed by atoms with Crippen LogP contribution in [0, 0.1) is 0 Å². The molecule has 0 aromatic carbocycles. The topological polar surface area (TPSA) is 68.2 Å². The van der Waals surface area contributed by atoms with E-state index in [1.54, 1.807) is 11.8 Å². The predicted molar refractivity (Wildman–Crippen MR) is 63.2 cm³/mol. The Morgan fingerprint density at radius 1 is 1.60 bits per heavy atom. The molecule has 6 heteroatoms. The smallest absolute Gasteiger partial charge is 0.265 e. The Bertz CT molecular complexity index is 291. The van der Waals surface area contributed by atoms with Crippen molar-refractivity contribution in [3.63, 3.8) is 0 Å². The molecule has 0 radical (unpaired) electrons. The summed E-state index contributed by atoms with van der Waals surface area (Å²) >= 11 is 1.76. The highest BCUT2D eigenvalue weighted by atomic mass is 32.2. The van der Waals surface area contributed by atoms with Crippen LogP contribution in [0.1, 0.15) is 25.3 Å². The molecule has 1 aromatic rings. The summed E-state index contributed by atoms with van der Waals surface area (Å²) in [7, 11) is 1.92. The highest BCUT2D eigenvalue weighted by molar-refractivity contribution is 7.98. The Hall–Kier alpha value is -0.750. The lowest BCUT2D eigenvalue weighted by Crippen LogP contribution is -2.17. The summed E-state index contributed by atoms with van der Waals surface area (Å²) in [6.07, 6.45) is 2.91.